The number of likely N-dealkylation sites (tertiary alicyclic amines) is 1. The van der Waals surface area contributed by atoms with Crippen molar-refractivity contribution in [1.82, 2.24) is 4.90 Å². The second kappa shape index (κ2) is 12.5. The van der Waals surface area contributed by atoms with E-state index in [1.807, 2.05) is 71.6 Å². The summed E-state index contributed by atoms with van der Waals surface area (Å²) in [5.74, 6) is 1.22. The number of carboxylic acid groups (broad SMARTS) is 1. The molecular weight excluding hydrogens is 530 g/mol. The molecule has 4 atom stereocenters. The molecule has 7 nitrogen and oxygen atoms in total. The molecule has 3 aromatic rings. The van der Waals surface area contributed by atoms with E-state index in [-0.39, 0.29) is 17.6 Å². The average molecular weight is 570 g/mol. The van der Waals surface area contributed by atoms with Crippen LogP contribution in [0.3, 0.4) is 0 Å². The minimum atomic E-state index is -1.27. The minimum absolute atomic E-state index is 0.0499. The Balaban J connectivity index is 1.14. The zero-order valence-corrected chi connectivity index (χ0v) is 24.0. The smallest absolute Gasteiger partial charge is 0.493 e. The molecule has 1 aliphatic heterocycles. The zero-order valence-electron chi connectivity index (χ0n) is 24.0. The number of piperidine rings is 1. The number of hydrogen-bond acceptors (Lipinski definition) is 5. The van der Waals surface area contributed by atoms with Crippen LogP contribution in [0, 0.1) is 5.92 Å². The molecular formula is C35H39NO6. The van der Waals surface area contributed by atoms with Crippen molar-refractivity contribution in [3.63, 3.8) is 0 Å². The largest absolute Gasteiger partial charge is 0.506 e. The monoisotopic (exact) mass is 569 g/mol. The van der Waals surface area contributed by atoms with E-state index in [0.29, 0.717) is 38.5 Å². The number of carbonyl (C=O) groups is 2. The van der Waals surface area contributed by atoms with Crippen molar-refractivity contribution in [2.45, 2.75) is 75.5 Å². The summed E-state index contributed by atoms with van der Waals surface area (Å²) in [6.45, 7) is 1.36. The fourth-order valence-electron chi connectivity index (χ4n) is 7.63. The van der Waals surface area contributed by atoms with Crippen molar-refractivity contribution in [1.29, 1.82) is 0 Å². The molecule has 2 bridgehead atoms. The molecule has 2 fully saturated rings. The minimum Gasteiger partial charge on any atom is -0.493 e. The molecule has 7 heteroatoms. The van der Waals surface area contributed by atoms with Gasteiger partial charge in [-0.2, -0.15) is 0 Å². The van der Waals surface area contributed by atoms with Crippen LogP contribution in [0.25, 0.3) is 0 Å². The fourth-order valence-corrected chi connectivity index (χ4v) is 7.63. The maximum atomic E-state index is 13.3. The quantitative estimate of drug-likeness (QED) is 0.275. The second-order valence-electron chi connectivity index (χ2n) is 11.9. The first kappa shape index (κ1) is 28.1. The van der Waals surface area contributed by atoms with E-state index in [9.17, 15) is 14.7 Å². The third-order valence-electron chi connectivity index (χ3n) is 9.53. The van der Waals surface area contributed by atoms with Crippen LogP contribution in [0.5, 0.6) is 5.75 Å². The molecule has 3 aliphatic rings. The Morgan fingerprint density at radius 3 is 2.48 bits per heavy atom. The van der Waals surface area contributed by atoms with E-state index in [1.165, 1.54) is 24.0 Å². The van der Waals surface area contributed by atoms with Crippen LogP contribution in [0.4, 0.5) is 9.59 Å². The van der Waals surface area contributed by atoms with Gasteiger partial charge in [-0.3, -0.25) is 0 Å². The highest BCUT2D eigenvalue weighted by Crippen LogP contribution is 2.56. The molecule has 1 N–H and O–H groups in total. The van der Waals surface area contributed by atoms with Gasteiger partial charge >= 0.3 is 12.2 Å². The maximum Gasteiger partial charge on any atom is 0.506 e. The van der Waals surface area contributed by atoms with Gasteiger partial charge in [0, 0.05) is 30.8 Å². The van der Waals surface area contributed by atoms with Gasteiger partial charge in [0.15, 0.2) is 0 Å². The lowest BCUT2D eigenvalue weighted by atomic mass is 9.52. The van der Waals surface area contributed by atoms with Crippen LogP contribution in [0.2, 0.25) is 0 Å². The highest BCUT2D eigenvalue weighted by atomic mass is 16.7. The van der Waals surface area contributed by atoms with E-state index < -0.39 is 12.3 Å². The standard InChI is InChI=1S/C35H39NO6/c37-33(41-24-26-11-5-2-6-12-26)36-19-18-35-17-8-7-13-30(35)32(36)22-27-14-15-28(23-31(27)35)40-20-16-29(42-34(38)39)21-25-9-3-1-4-10-25/h1-6,9-12,14-15,23,29-30,32H,7-8,13,16-22,24H2,(H,38,39)/t29?,30-,32+,35+/m0/s1. The number of fused-ring (bicyclic) bond motifs is 1. The first-order chi connectivity index (χ1) is 20.5. The summed E-state index contributed by atoms with van der Waals surface area (Å²) in [5, 5.41) is 9.24. The normalized spacial score (nSPS) is 23.2. The Kier molecular flexibility index (Phi) is 8.36. The van der Waals surface area contributed by atoms with Crippen molar-refractivity contribution in [3.05, 3.63) is 101 Å². The van der Waals surface area contributed by atoms with Crippen LogP contribution in [0.15, 0.2) is 78.9 Å². The van der Waals surface area contributed by atoms with Gasteiger partial charge in [0.25, 0.3) is 0 Å². The Labute approximate surface area is 247 Å². The lowest BCUT2D eigenvalue weighted by Gasteiger charge is -2.58. The first-order valence-corrected chi connectivity index (χ1v) is 15.2. The molecule has 1 saturated heterocycles. The number of nitrogens with zero attached hydrogens (tertiary/aromatic N) is 1. The Morgan fingerprint density at radius 1 is 0.952 bits per heavy atom. The Hall–Kier alpha value is -4.00. The van der Waals surface area contributed by atoms with Gasteiger partial charge in [0.2, 0.25) is 0 Å². The number of amides is 1. The van der Waals surface area contributed by atoms with E-state index in [2.05, 4.69) is 12.1 Å². The van der Waals surface area contributed by atoms with Crippen LogP contribution < -0.4 is 4.74 Å². The van der Waals surface area contributed by atoms with E-state index in [4.69, 9.17) is 14.2 Å². The number of hydrogen-bond donors (Lipinski definition) is 1. The van der Waals surface area contributed by atoms with Gasteiger partial charge in [-0.15, -0.1) is 0 Å². The SMILES string of the molecule is O=C(O)OC(CCOc1ccc2c(c1)[C@@]13CCCC[C@H]1[C@@H](C2)N(C(=O)OCc1ccccc1)CC3)Cc1ccccc1. The summed E-state index contributed by atoms with van der Waals surface area (Å²) in [7, 11) is 0. The summed E-state index contributed by atoms with van der Waals surface area (Å²) in [6.07, 6.45) is 5.41. The van der Waals surface area contributed by atoms with Crippen molar-refractivity contribution in [2.24, 2.45) is 5.92 Å². The van der Waals surface area contributed by atoms with Crippen molar-refractivity contribution >= 4 is 12.2 Å². The van der Waals surface area contributed by atoms with Gasteiger partial charge < -0.3 is 24.2 Å². The van der Waals surface area contributed by atoms with Crippen LogP contribution in [0.1, 0.15) is 60.8 Å². The highest BCUT2D eigenvalue weighted by Gasteiger charge is 2.55. The molecule has 1 heterocycles. The summed E-state index contributed by atoms with van der Waals surface area (Å²) in [6, 6.07) is 26.2. The van der Waals surface area contributed by atoms with Crippen LogP contribution in [-0.2, 0) is 34.3 Å². The molecule has 0 radical (unpaired) electrons. The number of benzene rings is 3. The third-order valence-corrected chi connectivity index (χ3v) is 9.53. The second-order valence-corrected chi connectivity index (χ2v) is 11.9. The van der Waals surface area contributed by atoms with Crippen molar-refractivity contribution in [2.75, 3.05) is 13.2 Å². The third kappa shape index (κ3) is 5.96. The topological polar surface area (TPSA) is 85.3 Å². The Morgan fingerprint density at radius 2 is 1.71 bits per heavy atom. The highest BCUT2D eigenvalue weighted by molar-refractivity contribution is 5.69. The first-order valence-electron chi connectivity index (χ1n) is 15.2. The number of carbonyl (C=O) groups excluding carboxylic acids is 1. The van der Waals surface area contributed by atoms with Gasteiger partial charge in [-0.05, 0) is 66.0 Å². The molecule has 1 amide bonds. The van der Waals surface area contributed by atoms with Crippen LogP contribution in [-0.4, -0.2) is 47.6 Å². The summed E-state index contributed by atoms with van der Waals surface area (Å²) < 4.78 is 17.2. The molecule has 0 spiro atoms. The predicted octanol–water partition coefficient (Wildman–Crippen LogP) is 7.16. The molecule has 42 heavy (non-hydrogen) atoms. The van der Waals surface area contributed by atoms with Gasteiger partial charge in [-0.25, -0.2) is 9.59 Å². The van der Waals surface area contributed by atoms with Crippen LogP contribution >= 0.6 is 0 Å². The van der Waals surface area contributed by atoms with E-state index in [1.54, 1.807) is 0 Å². The molecule has 0 aromatic heterocycles. The van der Waals surface area contributed by atoms with Crippen molar-refractivity contribution in [3.8, 4) is 5.75 Å². The molecule has 1 unspecified atom stereocenters. The lowest BCUT2D eigenvalue weighted by Crippen LogP contribution is -2.62. The molecule has 1 saturated carbocycles. The number of rotatable bonds is 9. The van der Waals surface area contributed by atoms with Crippen molar-refractivity contribution < 1.29 is 28.9 Å². The Bertz CT molecular complexity index is 1380. The summed E-state index contributed by atoms with van der Waals surface area (Å²) >= 11 is 0. The van der Waals surface area contributed by atoms with Gasteiger partial charge in [0.05, 0.1) is 6.61 Å². The maximum absolute atomic E-state index is 13.3. The average Bonchev–Trinajstić information content (AvgIpc) is 3.01. The molecule has 2 aliphatic carbocycles. The lowest BCUT2D eigenvalue weighted by molar-refractivity contribution is -0.0137. The summed E-state index contributed by atoms with van der Waals surface area (Å²) in [5.41, 5.74) is 4.75. The van der Waals surface area contributed by atoms with E-state index >= 15 is 0 Å². The fraction of sp³-hybridized carbons (Fsp3) is 0.429. The molecule has 6 rings (SSSR count). The zero-order chi connectivity index (χ0) is 28.9. The predicted molar refractivity (Wildman–Crippen MR) is 159 cm³/mol. The van der Waals surface area contributed by atoms with E-state index in [0.717, 1.165) is 42.6 Å². The van der Waals surface area contributed by atoms with Gasteiger partial charge in [0.1, 0.15) is 18.5 Å². The molecule has 220 valence electrons. The molecule has 3 aromatic carbocycles. The van der Waals surface area contributed by atoms with Gasteiger partial charge in [-0.1, -0.05) is 79.6 Å². The summed E-state index contributed by atoms with van der Waals surface area (Å²) in [4.78, 5) is 26.6. The number of ether oxygens (including phenoxy) is 3.